The number of hydrogen-bond acceptors (Lipinski definition) is 22. The smallest absolute Gasteiger partial charge is 0.352 e. The van der Waals surface area contributed by atoms with E-state index in [9.17, 15) is 43.8 Å². The summed E-state index contributed by atoms with van der Waals surface area (Å²) in [4.78, 5) is 108. The first-order valence-electron chi connectivity index (χ1n) is 16.4. The van der Waals surface area contributed by atoms with E-state index in [0.717, 1.165) is 48.5 Å². The number of carboxylic acid groups (broad SMARTS) is 2. The Hall–Kier alpha value is -5.93. The second-order valence-electron chi connectivity index (χ2n) is 11.7. The van der Waals surface area contributed by atoms with Crippen LogP contribution in [0.4, 0.5) is 10.3 Å². The van der Waals surface area contributed by atoms with Gasteiger partial charge in [-0.3, -0.25) is 24.1 Å². The van der Waals surface area contributed by atoms with Gasteiger partial charge >= 0.3 is 23.9 Å². The minimum absolute atomic E-state index is 0.0222. The summed E-state index contributed by atoms with van der Waals surface area (Å²) in [7, 11) is 3.59. The van der Waals surface area contributed by atoms with Crippen molar-refractivity contribution in [1.29, 1.82) is 0 Å². The first-order valence-corrected chi connectivity index (χ1v) is 20.2. The largest absolute Gasteiger partial charge is 0.480 e. The molecule has 3 aliphatic heterocycles. The Kier molecular flexibility index (Phi) is 14.2. The fourth-order valence-corrected chi connectivity index (χ4v) is 9.29. The standard InChI is InChI=1S/C31H34N10O13S4/c1-11(42)54-6-12-7-55-24(38-17(12)27(46)47)20(28(48)49)36-22(43)19(40-53-4)15-10-58-31(35-15)33-5-16-13(29(50)51-2)8-56-26-21(25(45)41(16)26)37-23(44)18(39-52-3)14-9-57-30(32)34-14/h9-10,20-21,24,26,38H,5-8H2,1-4H3,(H2,32,34)(H,33,35)(H,36,43)(H,37,44)(H,46,47)(H,48,49)/b39-18-,40-19-/t20-,21+,24+,26+/m0/s1. The summed E-state index contributed by atoms with van der Waals surface area (Å²) in [6, 6.07) is -2.69. The highest BCUT2D eigenvalue weighted by atomic mass is 32.2. The van der Waals surface area contributed by atoms with Gasteiger partial charge in [0.15, 0.2) is 27.7 Å². The molecule has 0 spiro atoms. The van der Waals surface area contributed by atoms with Gasteiger partial charge in [0.25, 0.3) is 17.7 Å². The second-order valence-corrected chi connectivity index (χ2v) is 15.7. The molecule has 2 aromatic heterocycles. The van der Waals surface area contributed by atoms with Crippen molar-refractivity contribution in [2.75, 3.05) is 57.0 Å². The van der Waals surface area contributed by atoms with E-state index in [1.165, 1.54) is 41.6 Å². The quantitative estimate of drug-likeness (QED) is 0.0432. The van der Waals surface area contributed by atoms with Gasteiger partial charge in [0, 0.05) is 34.8 Å². The van der Waals surface area contributed by atoms with Gasteiger partial charge in [-0.25, -0.2) is 24.4 Å². The normalized spacial score (nSPS) is 19.8. The lowest BCUT2D eigenvalue weighted by Gasteiger charge is -2.50. The maximum Gasteiger partial charge on any atom is 0.352 e. The number of thiazole rings is 2. The van der Waals surface area contributed by atoms with Gasteiger partial charge in [-0.15, -0.1) is 46.2 Å². The highest BCUT2D eigenvalue weighted by Gasteiger charge is 2.53. The summed E-state index contributed by atoms with van der Waals surface area (Å²) >= 11 is 4.28. The summed E-state index contributed by atoms with van der Waals surface area (Å²) in [5, 5.41) is 39.3. The minimum Gasteiger partial charge on any atom is -0.480 e. The molecule has 1 saturated heterocycles. The number of nitrogens with zero attached hydrogens (tertiary/aromatic N) is 5. The van der Waals surface area contributed by atoms with E-state index >= 15 is 0 Å². The van der Waals surface area contributed by atoms with E-state index in [-0.39, 0.29) is 74.6 Å². The third-order valence-corrected chi connectivity index (χ3v) is 12.1. The van der Waals surface area contributed by atoms with E-state index in [2.05, 4.69) is 41.5 Å². The van der Waals surface area contributed by atoms with Crippen LogP contribution in [0.1, 0.15) is 18.3 Å². The molecule has 58 heavy (non-hydrogen) atoms. The van der Waals surface area contributed by atoms with Gasteiger partial charge in [0.05, 0.1) is 24.9 Å². The molecule has 1 fully saturated rings. The lowest BCUT2D eigenvalue weighted by Crippen LogP contribution is -2.71. The molecule has 0 aliphatic carbocycles. The first-order chi connectivity index (χ1) is 27.7. The van der Waals surface area contributed by atoms with Crippen LogP contribution in [-0.4, -0.2) is 147 Å². The van der Waals surface area contributed by atoms with Crippen LogP contribution in [-0.2, 0) is 52.7 Å². The van der Waals surface area contributed by atoms with Crippen LogP contribution < -0.4 is 27.0 Å². The lowest BCUT2D eigenvalue weighted by molar-refractivity contribution is -0.145. The summed E-state index contributed by atoms with van der Waals surface area (Å²) in [5.41, 5.74) is 5.44. The Morgan fingerprint density at radius 2 is 1.67 bits per heavy atom. The third-order valence-electron chi connectivity index (χ3n) is 8.11. The number of esters is 2. The number of fused-ring (bicyclic) bond motifs is 1. The number of anilines is 2. The van der Waals surface area contributed by atoms with Crippen molar-refractivity contribution in [2.45, 2.75) is 29.8 Å². The zero-order chi connectivity index (χ0) is 42.3. The van der Waals surface area contributed by atoms with Crippen LogP contribution >= 0.6 is 46.2 Å². The number of nitrogen functional groups attached to an aromatic ring is 1. The number of nitrogens with two attached hydrogens (primary N) is 1. The Bertz CT molecular complexity index is 2130. The number of carboxylic acids is 2. The molecule has 5 rings (SSSR count). The third kappa shape index (κ3) is 9.60. The second kappa shape index (κ2) is 19.0. The number of hydrogen-bond donors (Lipinski definition) is 7. The van der Waals surface area contributed by atoms with Gasteiger partial charge in [0.2, 0.25) is 0 Å². The Labute approximate surface area is 343 Å². The van der Waals surface area contributed by atoms with Gasteiger partial charge in [-0.05, 0) is 0 Å². The van der Waals surface area contributed by atoms with Crippen LogP contribution in [0.3, 0.4) is 0 Å². The van der Waals surface area contributed by atoms with E-state index in [1.54, 1.807) is 0 Å². The predicted molar refractivity (Wildman–Crippen MR) is 209 cm³/mol. The molecule has 3 amide bonds. The predicted octanol–water partition coefficient (Wildman–Crippen LogP) is -1.04. The number of amides is 3. The van der Waals surface area contributed by atoms with Crippen LogP contribution in [0.15, 0.2) is 43.6 Å². The van der Waals surface area contributed by atoms with Crippen molar-refractivity contribution in [3.63, 3.8) is 0 Å². The van der Waals surface area contributed by atoms with E-state index in [0.29, 0.717) is 0 Å². The number of methoxy groups -OCH3 is 1. The number of carbonyl (C=O) groups is 7. The molecule has 0 radical (unpaired) electrons. The summed E-state index contributed by atoms with van der Waals surface area (Å²) in [6.45, 7) is 0.687. The summed E-state index contributed by atoms with van der Waals surface area (Å²) < 4.78 is 9.87. The Morgan fingerprint density at radius 1 is 1.00 bits per heavy atom. The van der Waals surface area contributed by atoms with E-state index in [1.807, 2.05) is 0 Å². The number of oxime groups is 2. The van der Waals surface area contributed by atoms with Crippen molar-refractivity contribution >= 4 is 109 Å². The molecular weight excluding hydrogens is 849 g/mol. The highest BCUT2D eigenvalue weighted by Crippen LogP contribution is 2.41. The zero-order valence-corrected chi connectivity index (χ0v) is 33.9. The fraction of sp³-hybridized carbons (Fsp3) is 0.387. The van der Waals surface area contributed by atoms with Gasteiger partial charge in [0.1, 0.15) is 54.7 Å². The molecule has 5 heterocycles. The summed E-state index contributed by atoms with van der Waals surface area (Å²) in [5.74, 6) is -6.45. The number of rotatable bonds is 17. The van der Waals surface area contributed by atoms with Crippen LogP contribution in [0.25, 0.3) is 0 Å². The maximum atomic E-state index is 13.5. The zero-order valence-electron chi connectivity index (χ0n) is 30.6. The van der Waals surface area contributed by atoms with Crippen molar-refractivity contribution in [3.8, 4) is 0 Å². The van der Waals surface area contributed by atoms with E-state index < -0.39 is 70.1 Å². The number of ether oxygens (including phenoxy) is 2. The molecule has 4 atom stereocenters. The molecule has 23 nitrogen and oxygen atoms in total. The Balaban J connectivity index is 1.28. The van der Waals surface area contributed by atoms with Crippen molar-refractivity contribution < 1.29 is 62.9 Å². The van der Waals surface area contributed by atoms with Crippen LogP contribution in [0.2, 0.25) is 0 Å². The topological polar surface area (TPSA) is 325 Å². The molecule has 2 aromatic rings. The molecule has 310 valence electrons. The SMILES string of the molecule is CO/N=C(\C(=O)N[C@H](C(=O)O)[C@@H]1NC(C(=O)O)=C(COC(C)=O)CS1)c1csc(NCC2=C(C(=O)OC)CS[C@@H]3[C@H](NC(=O)/C(=N\OC)c4csc(N)n4)C(=O)N23)n1. The fourth-order valence-electron chi connectivity index (χ4n) is 5.48. The summed E-state index contributed by atoms with van der Waals surface area (Å²) in [6.07, 6.45) is 0. The molecular formula is C31H34N10O13S4. The average molecular weight is 883 g/mol. The van der Waals surface area contributed by atoms with Gasteiger partial charge < -0.3 is 56.4 Å². The molecule has 0 unspecified atom stereocenters. The average Bonchev–Trinajstić information content (AvgIpc) is 3.86. The number of carbonyl (C=O) groups excluding carboxylic acids is 5. The number of β-lactam (4-membered cyclic amide) rings is 1. The molecule has 27 heteroatoms. The van der Waals surface area contributed by atoms with Crippen LogP contribution in [0.5, 0.6) is 0 Å². The Morgan fingerprint density at radius 3 is 2.28 bits per heavy atom. The molecule has 8 N–H and O–H groups in total. The van der Waals surface area contributed by atoms with E-state index in [4.69, 9.17) is 24.9 Å². The molecule has 0 bridgehead atoms. The number of nitrogens with one attached hydrogen (secondary N) is 4. The molecule has 0 aromatic carbocycles. The van der Waals surface area contributed by atoms with Gasteiger partial charge in [-0.2, -0.15) is 0 Å². The minimum atomic E-state index is -1.69. The van der Waals surface area contributed by atoms with Crippen LogP contribution in [0, 0.1) is 0 Å². The van der Waals surface area contributed by atoms with Gasteiger partial charge in [-0.1, -0.05) is 10.3 Å². The molecule has 3 aliphatic rings. The highest BCUT2D eigenvalue weighted by molar-refractivity contribution is 8.00. The number of aliphatic carboxylic acids is 2. The monoisotopic (exact) mass is 882 g/mol. The number of aromatic nitrogens is 2. The van der Waals surface area contributed by atoms with Crippen molar-refractivity contribution in [2.24, 2.45) is 10.3 Å². The lowest BCUT2D eigenvalue weighted by atomic mass is 10.0. The number of thioether (sulfide) groups is 2. The maximum absolute atomic E-state index is 13.5. The van der Waals surface area contributed by atoms with Crippen molar-refractivity contribution in [3.05, 3.63) is 44.7 Å². The molecule has 0 saturated carbocycles. The first kappa shape index (κ1) is 43.2. The van der Waals surface area contributed by atoms with Crippen molar-refractivity contribution in [1.82, 2.24) is 30.8 Å².